The van der Waals surface area contributed by atoms with E-state index in [1.165, 1.54) is 0 Å². The number of carbonyl (C=O) groups excluding carboxylic acids is 1. The molecule has 0 spiro atoms. The maximum Gasteiger partial charge on any atom is 0.229 e. The van der Waals surface area contributed by atoms with Gasteiger partial charge in [-0.2, -0.15) is 0 Å². The van der Waals surface area contributed by atoms with Gasteiger partial charge in [0.1, 0.15) is 0 Å². The van der Waals surface area contributed by atoms with Gasteiger partial charge in [0, 0.05) is 17.0 Å². The molecule has 0 aliphatic carbocycles. The number of nitrogens with one attached hydrogen (secondary N) is 1. The quantitative estimate of drug-likeness (QED) is 0.768. The number of amides is 1. The van der Waals surface area contributed by atoms with E-state index in [1.807, 2.05) is 45.0 Å². The van der Waals surface area contributed by atoms with Gasteiger partial charge >= 0.3 is 0 Å². The molecule has 15 heavy (non-hydrogen) atoms. The Kier molecular flexibility index (Phi) is 3.75. The summed E-state index contributed by atoms with van der Waals surface area (Å²) < 4.78 is 0. The number of anilines is 1. The lowest BCUT2D eigenvalue weighted by atomic mass is 9.95. The van der Waals surface area contributed by atoms with Gasteiger partial charge in [0.25, 0.3) is 0 Å². The minimum Gasteiger partial charge on any atom is -0.325 e. The molecule has 0 unspecified atom stereocenters. The fourth-order valence-corrected chi connectivity index (χ4v) is 1.30. The van der Waals surface area contributed by atoms with Gasteiger partial charge in [-0.3, -0.25) is 4.79 Å². The minimum absolute atomic E-state index is 0.0000617. The zero-order valence-corrected chi connectivity index (χ0v) is 10.1. The molecular formula is C12H16ClNO. The van der Waals surface area contributed by atoms with E-state index in [9.17, 15) is 4.79 Å². The van der Waals surface area contributed by atoms with E-state index in [0.29, 0.717) is 5.88 Å². The van der Waals surface area contributed by atoms with Crippen molar-refractivity contribution in [2.45, 2.75) is 26.7 Å². The summed E-state index contributed by atoms with van der Waals surface area (Å²) in [5.74, 6) is 0.403. The molecule has 1 aromatic rings. The Morgan fingerprint density at radius 1 is 1.33 bits per heavy atom. The molecule has 1 N–H and O–H groups in total. The Labute approximate surface area is 95.6 Å². The minimum atomic E-state index is -0.389. The molecule has 2 nitrogen and oxygen atoms in total. The van der Waals surface area contributed by atoms with E-state index >= 15 is 0 Å². The highest BCUT2D eigenvalue weighted by molar-refractivity contribution is 6.17. The van der Waals surface area contributed by atoms with Crippen LogP contribution in [0.5, 0.6) is 0 Å². The largest absolute Gasteiger partial charge is 0.325 e. The number of benzene rings is 1. The molecule has 0 aliphatic heterocycles. The molecule has 1 amide bonds. The zero-order chi connectivity index (χ0) is 11.5. The molecular weight excluding hydrogens is 210 g/mol. The first kappa shape index (κ1) is 12.1. The van der Waals surface area contributed by atoms with Crippen molar-refractivity contribution in [2.24, 2.45) is 5.41 Å². The third-order valence-electron chi connectivity index (χ3n) is 2.09. The van der Waals surface area contributed by atoms with Crippen LogP contribution in [0.4, 0.5) is 5.69 Å². The standard InChI is InChI=1S/C12H16ClNO/c1-12(2,3)11(15)14-10-7-5-4-6-9(10)8-13/h4-7H,8H2,1-3H3,(H,14,15). The Bertz CT molecular complexity index is 355. The Morgan fingerprint density at radius 2 is 1.93 bits per heavy atom. The van der Waals surface area contributed by atoms with Crippen LogP contribution in [0.1, 0.15) is 26.3 Å². The van der Waals surface area contributed by atoms with Gasteiger partial charge in [-0.1, -0.05) is 39.0 Å². The molecule has 0 atom stereocenters. The first-order chi connectivity index (χ1) is 6.95. The number of rotatable bonds is 2. The van der Waals surface area contributed by atoms with E-state index in [0.717, 1.165) is 11.3 Å². The molecule has 1 rings (SSSR count). The predicted octanol–water partition coefficient (Wildman–Crippen LogP) is 3.41. The van der Waals surface area contributed by atoms with Crippen molar-refractivity contribution < 1.29 is 4.79 Å². The molecule has 0 heterocycles. The average Bonchev–Trinajstić information content (AvgIpc) is 2.17. The summed E-state index contributed by atoms with van der Waals surface area (Å²) in [7, 11) is 0. The summed E-state index contributed by atoms with van der Waals surface area (Å²) in [5.41, 5.74) is 1.35. The van der Waals surface area contributed by atoms with Crippen molar-refractivity contribution >= 4 is 23.2 Å². The van der Waals surface area contributed by atoms with Gasteiger partial charge in [-0.25, -0.2) is 0 Å². The van der Waals surface area contributed by atoms with Crippen molar-refractivity contribution in [3.05, 3.63) is 29.8 Å². The van der Waals surface area contributed by atoms with Crippen LogP contribution < -0.4 is 5.32 Å². The first-order valence-corrected chi connectivity index (χ1v) is 5.44. The number of para-hydroxylation sites is 1. The first-order valence-electron chi connectivity index (χ1n) is 4.90. The van der Waals surface area contributed by atoms with Crippen molar-refractivity contribution in [1.29, 1.82) is 0 Å². The van der Waals surface area contributed by atoms with Crippen LogP contribution in [-0.4, -0.2) is 5.91 Å². The second-order valence-corrected chi connectivity index (χ2v) is 4.76. The lowest BCUT2D eigenvalue weighted by Crippen LogP contribution is -2.28. The average molecular weight is 226 g/mol. The molecule has 0 saturated carbocycles. The Balaban J connectivity index is 2.85. The molecule has 0 saturated heterocycles. The molecule has 3 heteroatoms. The summed E-state index contributed by atoms with van der Waals surface area (Å²) in [6.07, 6.45) is 0. The van der Waals surface area contributed by atoms with E-state index in [2.05, 4.69) is 5.32 Å². The molecule has 0 fully saturated rings. The Hall–Kier alpha value is -1.02. The topological polar surface area (TPSA) is 29.1 Å². The zero-order valence-electron chi connectivity index (χ0n) is 9.30. The fourth-order valence-electron chi connectivity index (χ4n) is 1.07. The highest BCUT2D eigenvalue weighted by Crippen LogP contribution is 2.21. The maximum atomic E-state index is 11.7. The molecule has 0 aromatic heterocycles. The van der Waals surface area contributed by atoms with Crippen LogP contribution in [0, 0.1) is 5.41 Å². The summed E-state index contributed by atoms with van der Waals surface area (Å²) in [5, 5.41) is 2.88. The van der Waals surface area contributed by atoms with Gasteiger partial charge in [0.15, 0.2) is 0 Å². The number of hydrogen-bond acceptors (Lipinski definition) is 1. The lowest BCUT2D eigenvalue weighted by Gasteiger charge is -2.18. The molecule has 0 radical (unpaired) electrons. The summed E-state index contributed by atoms with van der Waals surface area (Å²) >= 11 is 5.78. The van der Waals surface area contributed by atoms with Gasteiger partial charge in [0.05, 0.1) is 0 Å². The smallest absolute Gasteiger partial charge is 0.229 e. The van der Waals surface area contributed by atoms with Crippen LogP contribution in [0.15, 0.2) is 24.3 Å². The van der Waals surface area contributed by atoms with Gasteiger partial charge in [-0.15, -0.1) is 11.6 Å². The lowest BCUT2D eigenvalue weighted by molar-refractivity contribution is -0.123. The number of alkyl halides is 1. The maximum absolute atomic E-state index is 11.7. The normalized spacial score (nSPS) is 11.2. The molecule has 0 bridgehead atoms. The van der Waals surface area contributed by atoms with E-state index < -0.39 is 0 Å². The number of halogens is 1. The van der Waals surface area contributed by atoms with Crippen LogP contribution in [-0.2, 0) is 10.7 Å². The number of hydrogen-bond donors (Lipinski definition) is 1. The molecule has 82 valence electrons. The summed E-state index contributed by atoms with van der Waals surface area (Å²) in [6, 6.07) is 7.56. The van der Waals surface area contributed by atoms with Gasteiger partial charge in [0.2, 0.25) is 5.91 Å². The van der Waals surface area contributed by atoms with E-state index in [-0.39, 0.29) is 11.3 Å². The van der Waals surface area contributed by atoms with Crippen LogP contribution in [0.25, 0.3) is 0 Å². The monoisotopic (exact) mass is 225 g/mol. The number of carbonyl (C=O) groups is 1. The third-order valence-corrected chi connectivity index (χ3v) is 2.38. The van der Waals surface area contributed by atoms with E-state index in [1.54, 1.807) is 0 Å². The van der Waals surface area contributed by atoms with Crippen molar-refractivity contribution in [3.8, 4) is 0 Å². The Morgan fingerprint density at radius 3 is 2.47 bits per heavy atom. The van der Waals surface area contributed by atoms with Gasteiger partial charge < -0.3 is 5.32 Å². The van der Waals surface area contributed by atoms with Crippen molar-refractivity contribution in [1.82, 2.24) is 0 Å². The van der Waals surface area contributed by atoms with Crippen molar-refractivity contribution in [3.63, 3.8) is 0 Å². The van der Waals surface area contributed by atoms with Crippen molar-refractivity contribution in [2.75, 3.05) is 5.32 Å². The summed E-state index contributed by atoms with van der Waals surface area (Å²) in [6.45, 7) is 5.64. The van der Waals surface area contributed by atoms with Crippen LogP contribution in [0.3, 0.4) is 0 Å². The van der Waals surface area contributed by atoms with Gasteiger partial charge in [-0.05, 0) is 11.6 Å². The molecule has 0 aliphatic rings. The fraction of sp³-hybridized carbons (Fsp3) is 0.417. The highest BCUT2D eigenvalue weighted by atomic mass is 35.5. The second kappa shape index (κ2) is 4.67. The SMILES string of the molecule is CC(C)(C)C(=O)Nc1ccccc1CCl. The third kappa shape index (κ3) is 3.24. The van der Waals surface area contributed by atoms with Crippen LogP contribution in [0.2, 0.25) is 0 Å². The van der Waals surface area contributed by atoms with E-state index in [4.69, 9.17) is 11.6 Å². The van der Waals surface area contributed by atoms with Crippen LogP contribution >= 0.6 is 11.6 Å². The highest BCUT2D eigenvalue weighted by Gasteiger charge is 2.21. The summed E-state index contributed by atoms with van der Waals surface area (Å²) in [4.78, 5) is 11.7. The molecule has 1 aromatic carbocycles. The second-order valence-electron chi connectivity index (χ2n) is 4.49. The predicted molar refractivity (Wildman–Crippen MR) is 64.1 cm³/mol.